The van der Waals surface area contributed by atoms with E-state index in [0.717, 1.165) is 36.0 Å². The first-order valence-electron chi connectivity index (χ1n) is 8.93. The summed E-state index contributed by atoms with van der Waals surface area (Å²) in [4.78, 5) is 10.5. The molecule has 0 amide bonds. The fourth-order valence-electron chi connectivity index (χ4n) is 3.43. The molecule has 5 nitrogen and oxygen atoms in total. The summed E-state index contributed by atoms with van der Waals surface area (Å²) in [6.07, 6.45) is 4.61. The predicted molar refractivity (Wildman–Crippen MR) is 102 cm³/mol. The molecular weight excluding hydrogens is 328 g/mol. The van der Waals surface area contributed by atoms with Crippen molar-refractivity contribution < 1.29 is 9.45 Å². The third-order valence-electron chi connectivity index (χ3n) is 4.77. The molecule has 0 radical (unpaired) electrons. The van der Waals surface area contributed by atoms with Crippen molar-refractivity contribution in [2.45, 2.75) is 40.0 Å². The lowest BCUT2D eigenvalue weighted by Crippen LogP contribution is -1.99. The summed E-state index contributed by atoms with van der Waals surface area (Å²) in [5.41, 5.74) is 6.83. The summed E-state index contributed by atoms with van der Waals surface area (Å²) in [5, 5.41) is 14.8. The van der Waals surface area contributed by atoms with Gasteiger partial charge in [-0.3, -0.25) is 10.1 Å². The number of aromatic nitrogens is 1. The van der Waals surface area contributed by atoms with Gasteiger partial charge in [0.1, 0.15) is 0 Å². The van der Waals surface area contributed by atoms with E-state index in [1.54, 1.807) is 18.3 Å². The second-order valence-electron chi connectivity index (χ2n) is 6.21. The Bertz CT molecular complexity index is 902. The highest BCUT2D eigenvalue weighted by Crippen LogP contribution is 2.35. The maximum absolute atomic E-state index is 10.9. The van der Waals surface area contributed by atoms with Crippen molar-refractivity contribution in [3.8, 4) is 22.5 Å². The van der Waals surface area contributed by atoms with Gasteiger partial charge >= 0.3 is 0 Å². The zero-order chi connectivity index (χ0) is 18.7. The highest BCUT2D eigenvalue weighted by atomic mass is 16.6. The van der Waals surface area contributed by atoms with Gasteiger partial charge in [0.2, 0.25) is 0 Å². The van der Waals surface area contributed by atoms with Gasteiger partial charge in [-0.2, -0.15) is 0 Å². The van der Waals surface area contributed by atoms with Crippen LogP contribution in [0, 0.1) is 10.1 Å². The van der Waals surface area contributed by atoms with E-state index in [4.69, 9.17) is 4.52 Å². The molecule has 0 aliphatic rings. The van der Waals surface area contributed by atoms with Crippen LogP contribution in [0.4, 0.5) is 5.69 Å². The molecule has 2 aromatic carbocycles. The molecule has 1 aromatic heterocycles. The second-order valence-corrected chi connectivity index (χ2v) is 6.21. The van der Waals surface area contributed by atoms with E-state index < -0.39 is 4.92 Å². The highest BCUT2D eigenvalue weighted by Gasteiger charge is 2.17. The van der Waals surface area contributed by atoms with Crippen molar-refractivity contribution in [3.05, 3.63) is 69.4 Å². The summed E-state index contributed by atoms with van der Waals surface area (Å²) in [7, 11) is 0. The summed E-state index contributed by atoms with van der Waals surface area (Å²) >= 11 is 0. The molecule has 3 rings (SSSR count). The lowest BCUT2D eigenvalue weighted by Gasteiger charge is -2.14. The predicted octanol–water partition coefficient (Wildman–Crippen LogP) is 5.60. The molecular formula is C21H22N2O3. The molecule has 0 unspecified atom stereocenters. The SMILES string of the molecule is CCc1cc(-c2oncc2-c2ccc([N+](=O)[O-])cc2)cc(CC)c1CC. The summed E-state index contributed by atoms with van der Waals surface area (Å²) in [5.74, 6) is 0.700. The first kappa shape index (κ1) is 17.9. The average Bonchev–Trinajstić information content (AvgIpc) is 3.16. The molecule has 1 heterocycles. The Morgan fingerprint density at radius 3 is 2.08 bits per heavy atom. The number of nitro groups is 1. The van der Waals surface area contributed by atoms with Gasteiger partial charge in [0.15, 0.2) is 5.76 Å². The molecule has 0 saturated heterocycles. The Morgan fingerprint density at radius 2 is 1.58 bits per heavy atom. The number of hydrogen-bond donors (Lipinski definition) is 0. The largest absolute Gasteiger partial charge is 0.356 e. The number of aryl methyl sites for hydroxylation is 2. The Morgan fingerprint density at radius 1 is 0.962 bits per heavy atom. The van der Waals surface area contributed by atoms with E-state index in [9.17, 15) is 10.1 Å². The Balaban J connectivity index is 2.09. The van der Waals surface area contributed by atoms with Crippen LogP contribution in [0.5, 0.6) is 0 Å². The van der Waals surface area contributed by atoms with Crippen LogP contribution in [0.25, 0.3) is 22.5 Å². The summed E-state index contributed by atoms with van der Waals surface area (Å²) in [6.45, 7) is 6.51. The summed E-state index contributed by atoms with van der Waals surface area (Å²) in [6, 6.07) is 10.8. The molecule has 134 valence electrons. The van der Waals surface area contributed by atoms with Crippen LogP contribution < -0.4 is 0 Å². The van der Waals surface area contributed by atoms with Gasteiger partial charge in [0.25, 0.3) is 5.69 Å². The van der Waals surface area contributed by atoms with Crippen LogP contribution in [-0.2, 0) is 19.3 Å². The number of rotatable bonds is 6. The molecule has 3 aromatic rings. The molecule has 5 heteroatoms. The molecule has 0 spiro atoms. The third-order valence-corrected chi connectivity index (χ3v) is 4.77. The van der Waals surface area contributed by atoms with Crippen LogP contribution in [0.2, 0.25) is 0 Å². The number of non-ortho nitro benzene ring substituents is 1. The fourth-order valence-corrected chi connectivity index (χ4v) is 3.43. The zero-order valence-electron chi connectivity index (χ0n) is 15.3. The molecule has 0 aliphatic heterocycles. The first-order valence-corrected chi connectivity index (χ1v) is 8.93. The highest BCUT2D eigenvalue weighted by molar-refractivity contribution is 5.80. The average molecular weight is 350 g/mol. The smallest absolute Gasteiger partial charge is 0.269 e. The Hall–Kier alpha value is -2.95. The molecule has 0 N–H and O–H groups in total. The maximum Gasteiger partial charge on any atom is 0.269 e. The summed E-state index contributed by atoms with van der Waals surface area (Å²) < 4.78 is 5.57. The molecule has 0 aliphatic carbocycles. The van der Waals surface area contributed by atoms with E-state index in [1.165, 1.54) is 28.8 Å². The number of nitro benzene ring substituents is 1. The van der Waals surface area contributed by atoms with Crippen LogP contribution >= 0.6 is 0 Å². The second kappa shape index (κ2) is 7.52. The molecule has 0 atom stereocenters. The lowest BCUT2D eigenvalue weighted by molar-refractivity contribution is -0.384. The minimum Gasteiger partial charge on any atom is -0.356 e. The van der Waals surface area contributed by atoms with Crippen molar-refractivity contribution in [1.29, 1.82) is 0 Å². The Labute approximate surface area is 152 Å². The number of hydrogen-bond acceptors (Lipinski definition) is 4. The van der Waals surface area contributed by atoms with Gasteiger partial charge < -0.3 is 4.52 Å². The van der Waals surface area contributed by atoms with Gasteiger partial charge in [-0.25, -0.2) is 0 Å². The van der Waals surface area contributed by atoms with Gasteiger partial charge in [0, 0.05) is 23.3 Å². The van der Waals surface area contributed by atoms with E-state index in [0.29, 0.717) is 5.76 Å². The van der Waals surface area contributed by atoms with Gasteiger partial charge in [-0.05, 0) is 65.8 Å². The molecule has 0 saturated carbocycles. The third kappa shape index (κ3) is 3.25. The van der Waals surface area contributed by atoms with E-state index in [2.05, 4.69) is 38.1 Å². The molecule has 26 heavy (non-hydrogen) atoms. The molecule has 0 bridgehead atoms. The number of benzene rings is 2. The van der Waals surface area contributed by atoms with Crippen molar-refractivity contribution >= 4 is 5.69 Å². The van der Waals surface area contributed by atoms with Crippen molar-refractivity contribution in [2.75, 3.05) is 0 Å². The monoisotopic (exact) mass is 350 g/mol. The van der Waals surface area contributed by atoms with Crippen LogP contribution in [0.1, 0.15) is 37.5 Å². The quantitative estimate of drug-likeness (QED) is 0.428. The van der Waals surface area contributed by atoms with Gasteiger partial charge in [0.05, 0.1) is 11.1 Å². The van der Waals surface area contributed by atoms with Crippen molar-refractivity contribution in [2.24, 2.45) is 0 Å². The minimum absolute atomic E-state index is 0.0700. The van der Waals surface area contributed by atoms with E-state index in [1.807, 2.05) is 0 Å². The van der Waals surface area contributed by atoms with E-state index in [-0.39, 0.29) is 5.69 Å². The van der Waals surface area contributed by atoms with Crippen molar-refractivity contribution in [3.63, 3.8) is 0 Å². The standard InChI is InChI=1S/C21H22N2O3/c1-4-14-11-17(12-15(5-2)19(14)6-3)21-20(13-22-26-21)16-7-9-18(10-8-16)23(24)25/h7-13H,4-6H2,1-3H3. The van der Waals surface area contributed by atoms with Crippen molar-refractivity contribution in [1.82, 2.24) is 5.16 Å². The number of nitrogens with zero attached hydrogens (tertiary/aromatic N) is 2. The van der Waals surface area contributed by atoms with Gasteiger partial charge in [-0.15, -0.1) is 0 Å². The topological polar surface area (TPSA) is 69.2 Å². The first-order chi connectivity index (χ1) is 12.6. The van der Waals surface area contributed by atoms with Crippen LogP contribution in [0.3, 0.4) is 0 Å². The lowest BCUT2D eigenvalue weighted by atomic mass is 9.91. The van der Waals surface area contributed by atoms with E-state index >= 15 is 0 Å². The normalized spacial score (nSPS) is 10.9. The van der Waals surface area contributed by atoms with Crippen LogP contribution in [-0.4, -0.2) is 10.1 Å². The van der Waals surface area contributed by atoms with Gasteiger partial charge in [-0.1, -0.05) is 25.9 Å². The Kier molecular flexibility index (Phi) is 5.16. The minimum atomic E-state index is -0.400. The maximum atomic E-state index is 10.9. The zero-order valence-corrected chi connectivity index (χ0v) is 15.3. The van der Waals surface area contributed by atoms with Crippen LogP contribution in [0.15, 0.2) is 47.1 Å². The molecule has 0 fully saturated rings. The fraction of sp³-hybridized carbons (Fsp3) is 0.286.